The first-order valence-electron chi connectivity index (χ1n) is 10.0. The van der Waals surface area contributed by atoms with Crippen molar-refractivity contribution in [1.29, 1.82) is 0 Å². The van der Waals surface area contributed by atoms with Crippen LogP contribution in [-0.4, -0.2) is 57.9 Å². The Morgan fingerprint density at radius 1 is 1.13 bits per heavy atom. The van der Waals surface area contributed by atoms with Crippen molar-refractivity contribution in [3.8, 4) is 27.7 Å². The molecule has 0 spiro atoms. The Kier molecular flexibility index (Phi) is 5.66. The van der Waals surface area contributed by atoms with Crippen molar-refractivity contribution in [1.82, 2.24) is 30.5 Å². The van der Waals surface area contributed by atoms with Crippen LogP contribution in [0, 0.1) is 12.3 Å². The van der Waals surface area contributed by atoms with E-state index in [0.717, 1.165) is 35.1 Å². The molecular formula is C21H27N7OS. The minimum absolute atomic E-state index is 0.172. The normalized spacial score (nSPS) is 17.2. The molecule has 1 aliphatic rings. The quantitative estimate of drug-likeness (QED) is 0.682. The van der Waals surface area contributed by atoms with E-state index >= 15 is 0 Å². The maximum absolute atomic E-state index is 5.52. The Bertz CT molecular complexity index is 1010. The molecule has 4 heterocycles. The van der Waals surface area contributed by atoms with Gasteiger partial charge in [0.1, 0.15) is 5.69 Å². The number of nitrogens with one attached hydrogen (secondary N) is 1. The van der Waals surface area contributed by atoms with Crippen molar-refractivity contribution in [3.05, 3.63) is 29.5 Å². The van der Waals surface area contributed by atoms with Gasteiger partial charge in [0, 0.05) is 31.9 Å². The van der Waals surface area contributed by atoms with E-state index in [1.54, 1.807) is 24.6 Å². The van der Waals surface area contributed by atoms with E-state index in [-0.39, 0.29) is 5.41 Å². The zero-order valence-electron chi connectivity index (χ0n) is 18.0. The number of nitrogens with zero attached hydrogens (tertiary/aromatic N) is 6. The van der Waals surface area contributed by atoms with Gasteiger partial charge in [-0.2, -0.15) is 0 Å². The second kappa shape index (κ2) is 8.23. The number of piperazine rings is 1. The zero-order valence-corrected chi connectivity index (χ0v) is 18.8. The Morgan fingerprint density at radius 2 is 1.97 bits per heavy atom. The Hall–Kier alpha value is -2.65. The van der Waals surface area contributed by atoms with Crippen LogP contribution in [0.3, 0.4) is 0 Å². The fourth-order valence-electron chi connectivity index (χ4n) is 3.46. The van der Waals surface area contributed by atoms with E-state index in [1.165, 1.54) is 0 Å². The fourth-order valence-corrected chi connectivity index (χ4v) is 4.25. The van der Waals surface area contributed by atoms with Gasteiger partial charge in [0.25, 0.3) is 0 Å². The summed E-state index contributed by atoms with van der Waals surface area (Å²) in [6.07, 6.45) is 3.57. The summed E-state index contributed by atoms with van der Waals surface area (Å²) in [5.41, 5.74) is 2.38. The maximum Gasteiger partial charge on any atom is 0.245 e. The molecule has 1 saturated heterocycles. The summed E-state index contributed by atoms with van der Waals surface area (Å²) in [5.74, 6) is 1.19. The second-order valence-corrected chi connectivity index (χ2v) is 9.69. The van der Waals surface area contributed by atoms with Crippen LogP contribution in [0.4, 0.5) is 5.95 Å². The molecule has 30 heavy (non-hydrogen) atoms. The number of methoxy groups -OCH3 is 1. The molecule has 0 saturated carbocycles. The summed E-state index contributed by atoms with van der Waals surface area (Å²) in [6, 6.07) is 4.27. The van der Waals surface area contributed by atoms with Crippen LogP contribution in [0.5, 0.6) is 5.88 Å². The molecule has 0 radical (unpaired) electrons. The number of hydrogen-bond acceptors (Lipinski definition) is 9. The van der Waals surface area contributed by atoms with Crippen LogP contribution in [0.15, 0.2) is 24.5 Å². The van der Waals surface area contributed by atoms with E-state index in [9.17, 15) is 0 Å². The molecular weight excluding hydrogens is 398 g/mol. The van der Waals surface area contributed by atoms with Crippen molar-refractivity contribution in [2.24, 2.45) is 5.41 Å². The lowest BCUT2D eigenvalue weighted by molar-refractivity contribution is 0.252. The summed E-state index contributed by atoms with van der Waals surface area (Å²) in [7, 11) is 1.62. The number of aryl methyl sites for hydroxylation is 1. The van der Waals surface area contributed by atoms with Crippen LogP contribution >= 0.6 is 11.3 Å². The van der Waals surface area contributed by atoms with Gasteiger partial charge in [0.2, 0.25) is 11.8 Å². The number of pyridine rings is 1. The lowest BCUT2D eigenvalue weighted by atomic mass is 9.85. The summed E-state index contributed by atoms with van der Waals surface area (Å²) < 4.78 is 5.52. The highest BCUT2D eigenvalue weighted by atomic mass is 32.1. The summed E-state index contributed by atoms with van der Waals surface area (Å²) >= 11 is 1.61. The topological polar surface area (TPSA) is 89.0 Å². The van der Waals surface area contributed by atoms with Crippen LogP contribution in [0.2, 0.25) is 0 Å². The highest BCUT2D eigenvalue weighted by Crippen LogP contribution is 2.34. The highest BCUT2D eigenvalue weighted by molar-refractivity contribution is 7.15. The predicted octanol–water partition coefficient (Wildman–Crippen LogP) is 3.20. The molecule has 0 aliphatic carbocycles. The Morgan fingerprint density at radius 3 is 2.60 bits per heavy atom. The minimum atomic E-state index is 0.172. The second-order valence-electron chi connectivity index (χ2n) is 8.46. The van der Waals surface area contributed by atoms with Crippen molar-refractivity contribution < 1.29 is 4.74 Å². The molecule has 9 heteroatoms. The molecule has 3 aromatic rings. The molecule has 1 unspecified atom stereocenters. The molecule has 3 aromatic heterocycles. The van der Waals surface area contributed by atoms with Gasteiger partial charge in [0.05, 0.1) is 34.4 Å². The first-order chi connectivity index (χ1) is 14.3. The third kappa shape index (κ3) is 4.27. The first kappa shape index (κ1) is 20.6. The molecule has 0 amide bonds. The molecule has 1 fully saturated rings. The van der Waals surface area contributed by atoms with Crippen LogP contribution in [0.1, 0.15) is 25.8 Å². The lowest BCUT2D eigenvalue weighted by Crippen LogP contribution is -2.56. The fraction of sp³-hybridized carbons (Fsp3) is 0.476. The average Bonchev–Trinajstić information content (AvgIpc) is 3.19. The molecule has 4 rings (SSSR count). The van der Waals surface area contributed by atoms with Gasteiger partial charge in [-0.05, 0) is 24.5 Å². The van der Waals surface area contributed by atoms with Crippen molar-refractivity contribution >= 4 is 17.3 Å². The highest BCUT2D eigenvalue weighted by Gasteiger charge is 2.30. The van der Waals surface area contributed by atoms with Crippen LogP contribution in [-0.2, 0) is 0 Å². The SMILES string of the molecule is COc1nc(-c2cnc(N3CCNC(C(C)(C)C)C3)nn2)ccc1-c1cnc(C)s1. The molecule has 0 bridgehead atoms. The molecule has 0 aromatic carbocycles. The van der Waals surface area contributed by atoms with Crippen molar-refractivity contribution in [2.75, 3.05) is 31.6 Å². The molecule has 1 atom stereocenters. The number of anilines is 1. The standard InChI is InChI=1S/C21H27N7OS/c1-13-23-11-17(30-13)14-6-7-15(25-19(14)29-5)16-10-24-20(27-26-16)28-9-8-22-18(12-28)21(2,3)4/h6-7,10-11,18,22H,8-9,12H2,1-5H3. The largest absolute Gasteiger partial charge is 0.481 e. The van der Waals surface area contributed by atoms with Crippen molar-refractivity contribution in [2.45, 2.75) is 33.7 Å². The number of hydrogen-bond donors (Lipinski definition) is 1. The van der Waals surface area contributed by atoms with Gasteiger partial charge in [0.15, 0.2) is 0 Å². The predicted molar refractivity (Wildman–Crippen MR) is 119 cm³/mol. The maximum atomic E-state index is 5.52. The number of thiazole rings is 1. The summed E-state index contributed by atoms with van der Waals surface area (Å²) in [5, 5.41) is 13.4. The average molecular weight is 426 g/mol. The number of aromatic nitrogens is 5. The van der Waals surface area contributed by atoms with E-state index in [2.05, 4.69) is 56.1 Å². The third-order valence-electron chi connectivity index (χ3n) is 5.26. The van der Waals surface area contributed by atoms with Gasteiger partial charge < -0.3 is 15.0 Å². The first-order valence-corrected chi connectivity index (χ1v) is 10.8. The van der Waals surface area contributed by atoms with E-state index < -0.39 is 0 Å². The Labute approximate surface area is 180 Å². The third-order valence-corrected chi connectivity index (χ3v) is 6.20. The van der Waals surface area contributed by atoms with Crippen LogP contribution < -0.4 is 15.0 Å². The zero-order chi connectivity index (χ0) is 21.3. The van der Waals surface area contributed by atoms with E-state index in [1.807, 2.05) is 25.3 Å². The van der Waals surface area contributed by atoms with Gasteiger partial charge in [-0.15, -0.1) is 21.5 Å². The Balaban J connectivity index is 1.55. The minimum Gasteiger partial charge on any atom is -0.481 e. The molecule has 8 nitrogen and oxygen atoms in total. The van der Waals surface area contributed by atoms with Crippen LogP contribution in [0.25, 0.3) is 21.8 Å². The summed E-state index contributed by atoms with van der Waals surface area (Å²) in [6.45, 7) is 11.3. The molecule has 1 aliphatic heterocycles. The summed E-state index contributed by atoms with van der Waals surface area (Å²) in [4.78, 5) is 16.7. The van der Waals surface area contributed by atoms with Crippen molar-refractivity contribution in [3.63, 3.8) is 0 Å². The lowest BCUT2D eigenvalue weighted by Gasteiger charge is -2.40. The van der Waals surface area contributed by atoms with E-state index in [4.69, 9.17) is 4.74 Å². The monoisotopic (exact) mass is 425 g/mol. The molecule has 1 N–H and O–H groups in total. The smallest absolute Gasteiger partial charge is 0.245 e. The van der Waals surface area contributed by atoms with Gasteiger partial charge in [-0.25, -0.2) is 15.0 Å². The van der Waals surface area contributed by atoms with Gasteiger partial charge >= 0.3 is 0 Å². The number of ether oxygens (including phenoxy) is 1. The molecule has 158 valence electrons. The number of rotatable bonds is 4. The van der Waals surface area contributed by atoms with E-state index in [0.29, 0.717) is 29.3 Å². The van der Waals surface area contributed by atoms with Gasteiger partial charge in [-0.3, -0.25) is 0 Å². The van der Waals surface area contributed by atoms with Gasteiger partial charge in [-0.1, -0.05) is 20.8 Å².